The maximum Gasteiger partial charge on any atom is 0.257 e. The van der Waals surface area contributed by atoms with Crippen LogP contribution in [0.5, 0.6) is 0 Å². The van der Waals surface area contributed by atoms with E-state index >= 15 is 0 Å². The number of pyridine rings is 1. The van der Waals surface area contributed by atoms with Gasteiger partial charge in [0, 0.05) is 16.9 Å². The van der Waals surface area contributed by atoms with Gasteiger partial charge in [-0.15, -0.1) is 5.10 Å². The lowest BCUT2D eigenvalue weighted by molar-refractivity contribution is -0.113. The number of carbonyl (C=O) groups is 1. The summed E-state index contributed by atoms with van der Waals surface area (Å²) in [6, 6.07) is 18.1. The summed E-state index contributed by atoms with van der Waals surface area (Å²) >= 11 is 6.10. The van der Waals surface area contributed by atoms with Gasteiger partial charge in [0.25, 0.3) is 5.91 Å². The molecule has 0 unspecified atom stereocenters. The van der Waals surface area contributed by atoms with Crippen LogP contribution in [-0.2, 0) is 4.79 Å². The highest BCUT2D eigenvalue weighted by molar-refractivity contribution is 6.30. The van der Waals surface area contributed by atoms with Crippen LogP contribution in [0, 0.1) is 5.82 Å². The molecule has 1 atom stereocenters. The standard InChI is InChI=1S/C24H18ClFN6O/c1-14-20(23(33)29-19-8-4-5-13-27-19)21(15-9-11-16(25)12-10-15)32-24(28-14)30-22(31-32)17-6-2-3-7-18(17)26/h2-13,21H,1H3,(H,27,29,33)(H,28,30,31)/t21-/m1/s1. The van der Waals surface area contributed by atoms with E-state index in [1.165, 1.54) is 6.07 Å². The zero-order valence-corrected chi connectivity index (χ0v) is 18.2. The largest absolute Gasteiger partial charge is 0.328 e. The molecule has 1 aliphatic rings. The molecule has 2 aromatic heterocycles. The summed E-state index contributed by atoms with van der Waals surface area (Å²) in [7, 11) is 0. The first kappa shape index (κ1) is 20.8. The van der Waals surface area contributed by atoms with Gasteiger partial charge in [-0.2, -0.15) is 4.98 Å². The zero-order chi connectivity index (χ0) is 22.9. The van der Waals surface area contributed by atoms with Crippen molar-refractivity contribution in [2.24, 2.45) is 0 Å². The van der Waals surface area contributed by atoms with E-state index in [9.17, 15) is 9.18 Å². The van der Waals surface area contributed by atoms with Crippen LogP contribution >= 0.6 is 11.6 Å². The molecule has 164 valence electrons. The van der Waals surface area contributed by atoms with E-state index in [0.717, 1.165) is 5.56 Å². The molecule has 7 nitrogen and oxygen atoms in total. The van der Waals surface area contributed by atoms with Crippen LogP contribution in [0.15, 0.2) is 84.2 Å². The van der Waals surface area contributed by atoms with Crippen LogP contribution in [0.2, 0.25) is 5.02 Å². The molecule has 0 radical (unpaired) electrons. The Labute approximate surface area is 194 Å². The number of anilines is 2. The van der Waals surface area contributed by atoms with Gasteiger partial charge < -0.3 is 10.6 Å². The number of carbonyl (C=O) groups excluding carboxylic acids is 1. The molecule has 0 aliphatic carbocycles. The van der Waals surface area contributed by atoms with Crippen LogP contribution in [0.4, 0.5) is 16.2 Å². The Morgan fingerprint density at radius 2 is 1.85 bits per heavy atom. The van der Waals surface area contributed by atoms with E-state index in [1.807, 2.05) is 12.1 Å². The summed E-state index contributed by atoms with van der Waals surface area (Å²) in [5.74, 6) is 0.274. The van der Waals surface area contributed by atoms with Crippen molar-refractivity contribution in [2.45, 2.75) is 13.0 Å². The molecule has 2 aromatic carbocycles. The van der Waals surface area contributed by atoms with Crippen molar-refractivity contribution >= 4 is 29.3 Å². The SMILES string of the molecule is CC1=C(C(=O)Nc2ccccn2)[C@@H](c2ccc(Cl)cc2)n2nc(-c3ccccc3F)nc2N1. The Bertz CT molecular complexity index is 1370. The second kappa shape index (κ2) is 8.48. The average Bonchev–Trinajstić information content (AvgIpc) is 3.23. The minimum Gasteiger partial charge on any atom is -0.328 e. The van der Waals surface area contributed by atoms with Gasteiger partial charge in [0.05, 0.1) is 11.1 Å². The Balaban J connectivity index is 1.62. The molecule has 1 aliphatic heterocycles. The number of hydrogen-bond acceptors (Lipinski definition) is 5. The Morgan fingerprint density at radius 1 is 1.09 bits per heavy atom. The van der Waals surface area contributed by atoms with Gasteiger partial charge in [-0.25, -0.2) is 14.1 Å². The topological polar surface area (TPSA) is 84.7 Å². The minimum absolute atomic E-state index is 0.216. The Morgan fingerprint density at radius 3 is 2.58 bits per heavy atom. The summed E-state index contributed by atoms with van der Waals surface area (Å²) in [6.45, 7) is 1.79. The van der Waals surface area contributed by atoms with Crippen LogP contribution in [0.3, 0.4) is 0 Å². The van der Waals surface area contributed by atoms with Crippen molar-refractivity contribution in [1.29, 1.82) is 0 Å². The molecule has 1 amide bonds. The molecule has 5 rings (SSSR count). The summed E-state index contributed by atoms with van der Waals surface area (Å²) in [5, 5.41) is 11.1. The summed E-state index contributed by atoms with van der Waals surface area (Å²) in [4.78, 5) is 22.0. The highest BCUT2D eigenvalue weighted by Crippen LogP contribution is 2.37. The van der Waals surface area contributed by atoms with E-state index in [4.69, 9.17) is 11.6 Å². The molecule has 0 saturated carbocycles. The molecule has 2 N–H and O–H groups in total. The van der Waals surface area contributed by atoms with Crippen LogP contribution in [-0.4, -0.2) is 25.7 Å². The predicted octanol–water partition coefficient (Wildman–Crippen LogP) is 5.06. The molecular formula is C24H18ClFN6O. The lowest BCUT2D eigenvalue weighted by atomic mass is 9.95. The second-order valence-corrected chi connectivity index (χ2v) is 7.91. The lowest BCUT2D eigenvalue weighted by Gasteiger charge is -2.28. The van der Waals surface area contributed by atoms with E-state index in [1.54, 1.807) is 66.3 Å². The first-order valence-electron chi connectivity index (χ1n) is 10.2. The highest BCUT2D eigenvalue weighted by Gasteiger charge is 2.34. The predicted molar refractivity (Wildman–Crippen MR) is 124 cm³/mol. The Hall–Kier alpha value is -4.04. The third-order valence-corrected chi connectivity index (χ3v) is 5.56. The van der Waals surface area contributed by atoms with E-state index in [0.29, 0.717) is 28.1 Å². The Kier molecular flexibility index (Phi) is 5.35. The first-order valence-corrected chi connectivity index (χ1v) is 10.6. The number of allylic oxidation sites excluding steroid dienone is 1. The third kappa shape index (κ3) is 3.96. The van der Waals surface area contributed by atoms with E-state index in [2.05, 4.69) is 25.7 Å². The zero-order valence-electron chi connectivity index (χ0n) is 17.5. The van der Waals surface area contributed by atoms with Crippen LogP contribution in [0.1, 0.15) is 18.5 Å². The quantitative estimate of drug-likeness (QED) is 0.444. The van der Waals surface area contributed by atoms with Crippen molar-refractivity contribution in [1.82, 2.24) is 19.7 Å². The normalized spacial score (nSPS) is 15.1. The fourth-order valence-electron chi connectivity index (χ4n) is 3.78. The molecule has 33 heavy (non-hydrogen) atoms. The van der Waals surface area contributed by atoms with Crippen molar-refractivity contribution in [2.75, 3.05) is 10.6 Å². The minimum atomic E-state index is -0.616. The monoisotopic (exact) mass is 460 g/mol. The number of halogens is 2. The summed E-state index contributed by atoms with van der Waals surface area (Å²) in [5.41, 5.74) is 2.08. The number of nitrogens with zero attached hydrogens (tertiary/aromatic N) is 4. The van der Waals surface area contributed by atoms with Gasteiger partial charge in [0.2, 0.25) is 5.95 Å². The van der Waals surface area contributed by atoms with Crippen molar-refractivity contribution in [3.63, 3.8) is 0 Å². The van der Waals surface area contributed by atoms with Gasteiger partial charge in [0.15, 0.2) is 5.82 Å². The molecule has 4 aromatic rings. The van der Waals surface area contributed by atoms with Gasteiger partial charge in [0.1, 0.15) is 17.7 Å². The summed E-state index contributed by atoms with van der Waals surface area (Å²) < 4.78 is 16.0. The lowest BCUT2D eigenvalue weighted by Crippen LogP contribution is -2.31. The maximum absolute atomic E-state index is 14.4. The van der Waals surface area contributed by atoms with Gasteiger partial charge in [-0.3, -0.25) is 4.79 Å². The van der Waals surface area contributed by atoms with E-state index < -0.39 is 11.9 Å². The maximum atomic E-state index is 14.4. The number of nitrogens with one attached hydrogen (secondary N) is 2. The van der Waals surface area contributed by atoms with Crippen LogP contribution in [0.25, 0.3) is 11.4 Å². The fraction of sp³-hybridized carbons (Fsp3) is 0.0833. The fourth-order valence-corrected chi connectivity index (χ4v) is 3.90. The number of amides is 1. The second-order valence-electron chi connectivity index (χ2n) is 7.47. The molecule has 0 fully saturated rings. The van der Waals surface area contributed by atoms with Gasteiger partial charge >= 0.3 is 0 Å². The molecule has 0 spiro atoms. The van der Waals surface area contributed by atoms with Crippen molar-refractivity contribution < 1.29 is 9.18 Å². The first-order chi connectivity index (χ1) is 16.0. The molecule has 3 heterocycles. The molecular weight excluding hydrogens is 443 g/mol. The van der Waals surface area contributed by atoms with Crippen molar-refractivity contribution in [3.05, 3.63) is 101 Å². The molecule has 0 saturated heterocycles. The number of benzene rings is 2. The smallest absolute Gasteiger partial charge is 0.257 e. The van der Waals surface area contributed by atoms with Gasteiger partial charge in [-0.05, 0) is 48.9 Å². The molecule has 9 heteroatoms. The summed E-state index contributed by atoms with van der Waals surface area (Å²) in [6.07, 6.45) is 1.60. The number of aromatic nitrogens is 4. The van der Waals surface area contributed by atoms with Crippen LogP contribution < -0.4 is 10.6 Å². The third-order valence-electron chi connectivity index (χ3n) is 5.30. The molecule has 0 bridgehead atoms. The number of rotatable bonds is 4. The van der Waals surface area contributed by atoms with Crippen molar-refractivity contribution in [3.8, 4) is 11.4 Å². The number of fused-ring (bicyclic) bond motifs is 1. The average molecular weight is 461 g/mol. The highest BCUT2D eigenvalue weighted by atomic mass is 35.5. The van der Waals surface area contributed by atoms with Gasteiger partial charge in [-0.1, -0.05) is 41.9 Å². The number of hydrogen-bond donors (Lipinski definition) is 2. The van der Waals surface area contributed by atoms with E-state index in [-0.39, 0.29) is 17.3 Å².